The van der Waals surface area contributed by atoms with Gasteiger partial charge in [0.15, 0.2) is 0 Å². The van der Waals surface area contributed by atoms with Crippen molar-refractivity contribution in [3.05, 3.63) is 29.3 Å². The molecule has 1 aromatic carbocycles. The lowest BCUT2D eigenvalue weighted by molar-refractivity contribution is -0.0731. The molecule has 3 nitrogen and oxygen atoms in total. The molecule has 0 radical (unpaired) electrons. The Balaban J connectivity index is 2.85. The van der Waals surface area contributed by atoms with Crippen LogP contribution in [0.5, 0.6) is 5.75 Å². The Labute approximate surface area is 71.8 Å². The van der Waals surface area contributed by atoms with Gasteiger partial charge >= 0.3 is 0 Å². The van der Waals surface area contributed by atoms with Gasteiger partial charge in [0.25, 0.3) is 0 Å². The maximum atomic E-state index is 9.21. The van der Waals surface area contributed by atoms with Crippen LogP contribution in [0.15, 0.2) is 18.2 Å². The van der Waals surface area contributed by atoms with E-state index in [1.807, 2.05) is 13.0 Å². The second-order valence-electron chi connectivity index (χ2n) is 2.99. The van der Waals surface area contributed by atoms with E-state index in [2.05, 4.69) is 0 Å². The molecule has 1 aromatic rings. The Bertz CT molecular complexity index is 251. The fourth-order valence-corrected chi connectivity index (χ4v) is 1.20. The summed E-state index contributed by atoms with van der Waals surface area (Å²) in [5.74, 6) is 0.242. The highest BCUT2D eigenvalue weighted by Gasteiger charge is 1.99. The van der Waals surface area contributed by atoms with Gasteiger partial charge in [-0.25, -0.2) is 0 Å². The number of hydrogen-bond donors (Lipinski definition) is 2. The molecule has 12 heavy (non-hydrogen) atoms. The van der Waals surface area contributed by atoms with Crippen molar-refractivity contribution in [2.24, 2.45) is 0 Å². The second kappa shape index (κ2) is 3.56. The van der Waals surface area contributed by atoms with Crippen LogP contribution in [0.1, 0.15) is 11.1 Å². The average molecular weight is 167 g/mol. The van der Waals surface area contributed by atoms with E-state index in [0.29, 0.717) is 6.54 Å². The van der Waals surface area contributed by atoms with Crippen molar-refractivity contribution in [1.29, 1.82) is 0 Å². The lowest BCUT2D eigenvalue weighted by Crippen LogP contribution is -2.11. The summed E-state index contributed by atoms with van der Waals surface area (Å²) in [4.78, 5) is 0. The van der Waals surface area contributed by atoms with Gasteiger partial charge in [0.05, 0.1) is 0 Å². The first-order valence-corrected chi connectivity index (χ1v) is 3.77. The van der Waals surface area contributed by atoms with Crippen LogP contribution >= 0.6 is 0 Å². The average Bonchev–Trinajstić information content (AvgIpc) is 1.81. The zero-order valence-corrected chi connectivity index (χ0v) is 7.28. The Morgan fingerprint density at radius 1 is 1.33 bits per heavy atom. The SMILES string of the molecule is Cc1cc(O)cc(CN(C)O)c1. The van der Waals surface area contributed by atoms with Crippen LogP contribution in [0, 0.1) is 6.92 Å². The molecule has 0 atom stereocenters. The highest BCUT2D eigenvalue weighted by molar-refractivity contribution is 5.32. The zero-order valence-electron chi connectivity index (χ0n) is 7.28. The smallest absolute Gasteiger partial charge is 0.116 e. The quantitative estimate of drug-likeness (QED) is 0.656. The van der Waals surface area contributed by atoms with E-state index >= 15 is 0 Å². The second-order valence-corrected chi connectivity index (χ2v) is 2.99. The fourth-order valence-electron chi connectivity index (χ4n) is 1.20. The number of hydroxylamine groups is 2. The molecule has 0 amide bonds. The van der Waals surface area contributed by atoms with Gasteiger partial charge < -0.3 is 10.3 Å². The van der Waals surface area contributed by atoms with E-state index in [4.69, 9.17) is 5.21 Å². The highest BCUT2D eigenvalue weighted by Crippen LogP contribution is 2.15. The summed E-state index contributed by atoms with van der Waals surface area (Å²) in [6.45, 7) is 2.33. The minimum atomic E-state index is 0.242. The molecule has 0 aliphatic carbocycles. The number of aromatic hydroxyl groups is 1. The maximum absolute atomic E-state index is 9.21. The lowest BCUT2D eigenvalue weighted by atomic mass is 10.1. The molecular formula is C9H13NO2. The summed E-state index contributed by atoms with van der Waals surface area (Å²) in [7, 11) is 1.57. The van der Waals surface area contributed by atoms with Crippen LogP contribution in [0.4, 0.5) is 0 Å². The maximum Gasteiger partial charge on any atom is 0.116 e. The van der Waals surface area contributed by atoms with Crippen molar-refractivity contribution in [3.63, 3.8) is 0 Å². The molecule has 2 N–H and O–H groups in total. The van der Waals surface area contributed by atoms with Gasteiger partial charge in [-0.05, 0) is 30.2 Å². The molecule has 66 valence electrons. The molecule has 0 aliphatic heterocycles. The number of nitrogens with zero attached hydrogens (tertiary/aromatic N) is 1. The highest BCUT2D eigenvalue weighted by atomic mass is 16.5. The van der Waals surface area contributed by atoms with Crippen molar-refractivity contribution in [3.8, 4) is 5.75 Å². The van der Waals surface area contributed by atoms with Crippen LogP contribution in [0.3, 0.4) is 0 Å². The van der Waals surface area contributed by atoms with Crippen molar-refractivity contribution >= 4 is 0 Å². The zero-order chi connectivity index (χ0) is 9.14. The number of hydrogen-bond acceptors (Lipinski definition) is 3. The monoisotopic (exact) mass is 167 g/mol. The predicted octanol–water partition coefficient (Wildman–Crippen LogP) is 1.52. The molecule has 0 bridgehead atoms. The Kier molecular flexibility index (Phi) is 2.68. The molecule has 0 spiro atoms. The van der Waals surface area contributed by atoms with Gasteiger partial charge in [0.2, 0.25) is 0 Å². The molecule has 1 rings (SSSR count). The van der Waals surface area contributed by atoms with Gasteiger partial charge in [-0.2, -0.15) is 5.06 Å². The van der Waals surface area contributed by atoms with Crippen LogP contribution in [0.2, 0.25) is 0 Å². The van der Waals surface area contributed by atoms with E-state index in [1.54, 1.807) is 19.2 Å². The number of rotatable bonds is 2. The molecule has 0 heterocycles. The van der Waals surface area contributed by atoms with E-state index in [1.165, 1.54) is 0 Å². The van der Waals surface area contributed by atoms with Crippen molar-refractivity contribution in [1.82, 2.24) is 5.06 Å². The molecule has 3 heteroatoms. The van der Waals surface area contributed by atoms with Crippen LogP contribution in [-0.2, 0) is 6.54 Å². The largest absolute Gasteiger partial charge is 0.508 e. The van der Waals surface area contributed by atoms with Gasteiger partial charge in [-0.15, -0.1) is 0 Å². The van der Waals surface area contributed by atoms with E-state index in [0.717, 1.165) is 16.2 Å². The van der Waals surface area contributed by atoms with Crippen LogP contribution < -0.4 is 0 Å². The van der Waals surface area contributed by atoms with Crippen molar-refractivity contribution in [2.45, 2.75) is 13.5 Å². The molecule has 0 aliphatic rings. The van der Waals surface area contributed by atoms with E-state index in [-0.39, 0.29) is 5.75 Å². The molecule has 0 fully saturated rings. The molecule has 0 saturated heterocycles. The molecule has 0 unspecified atom stereocenters. The van der Waals surface area contributed by atoms with Crippen molar-refractivity contribution in [2.75, 3.05) is 7.05 Å². The molecule has 0 aromatic heterocycles. The van der Waals surface area contributed by atoms with Gasteiger partial charge in [0.1, 0.15) is 5.75 Å². The Morgan fingerprint density at radius 2 is 2.00 bits per heavy atom. The summed E-state index contributed by atoms with van der Waals surface area (Å²) in [5.41, 5.74) is 1.89. The van der Waals surface area contributed by atoms with E-state index in [9.17, 15) is 5.11 Å². The number of phenolic OH excluding ortho intramolecular Hbond substituents is 1. The summed E-state index contributed by atoms with van der Waals surface area (Å²) < 4.78 is 0. The molecule has 0 saturated carbocycles. The lowest BCUT2D eigenvalue weighted by Gasteiger charge is -2.08. The fraction of sp³-hybridized carbons (Fsp3) is 0.333. The van der Waals surface area contributed by atoms with Crippen molar-refractivity contribution < 1.29 is 10.3 Å². The third-order valence-corrected chi connectivity index (χ3v) is 1.53. The Hall–Kier alpha value is -1.06. The van der Waals surface area contributed by atoms with Crippen LogP contribution in [-0.4, -0.2) is 22.4 Å². The minimum absolute atomic E-state index is 0.242. The number of phenols is 1. The topological polar surface area (TPSA) is 43.7 Å². The first-order chi connectivity index (χ1) is 5.58. The van der Waals surface area contributed by atoms with Gasteiger partial charge in [-0.3, -0.25) is 0 Å². The summed E-state index contributed by atoms with van der Waals surface area (Å²) >= 11 is 0. The Morgan fingerprint density at radius 3 is 2.50 bits per heavy atom. The minimum Gasteiger partial charge on any atom is -0.508 e. The first kappa shape index (κ1) is 9.03. The summed E-state index contributed by atoms with van der Waals surface area (Å²) in [5, 5.41) is 19.2. The summed E-state index contributed by atoms with van der Waals surface area (Å²) in [6.07, 6.45) is 0. The first-order valence-electron chi connectivity index (χ1n) is 3.77. The molecular weight excluding hydrogens is 154 g/mol. The normalized spacial score (nSPS) is 10.7. The van der Waals surface area contributed by atoms with E-state index < -0.39 is 0 Å². The summed E-state index contributed by atoms with van der Waals surface area (Å²) in [6, 6.07) is 5.24. The number of benzene rings is 1. The third-order valence-electron chi connectivity index (χ3n) is 1.53. The van der Waals surface area contributed by atoms with Gasteiger partial charge in [0, 0.05) is 13.6 Å². The predicted molar refractivity (Wildman–Crippen MR) is 46.1 cm³/mol. The third kappa shape index (κ3) is 2.53. The standard InChI is InChI=1S/C9H13NO2/c1-7-3-8(6-10(2)12)5-9(11)4-7/h3-5,11-12H,6H2,1-2H3. The van der Waals surface area contributed by atoms with Crippen LogP contribution in [0.25, 0.3) is 0 Å². The number of aryl methyl sites for hydroxylation is 1. The van der Waals surface area contributed by atoms with Gasteiger partial charge in [-0.1, -0.05) is 6.07 Å².